The third-order valence-electron chi connectivity index (χ3n) is 2.71. The van der Waals surface area contributed by atoms with Gasteiger partial charge in [0.05, 0.1) is 0 Å². The molecule has 0 radical (unpaired) electrons. The first-order valence-electron chi connectivity index (χ1n) is 7.03. The smallest absolute Gasteiger partial charge is 0.225 e. The van der Waals surface area contributed by atoms with E-state index in [-0.39, 0.29) is 22.2 Å². The molecule has 5 nitrogen and oxygen atoms in total. The number of nitrogens with zero attached hydrogens (tertiary/aromatic N) is 4. The molecule has 0 amide bonds. The van der Waals surface area contributed by atoms with Gasteiger partial charge in [-0.1, -0.05) is 11.6 Å². The Morgan fingerprint density at radius 3 is 1.92 bits per heavy atom. The van der Waals surface area contributed by atoms with Gasteiger partial charge in [-0.05, 0) is 55.2 Å². The van der Waals surface area contributed by atoms with E-state index in [1.54, 1.807) is 19.9 Å². The summed E-state index contributed by atoms with van der Waals surface area (Å²) in [6.45, 7) is 3.52. The number of hydrogen-bond acceptors (Lipinski definition) is 5. The van der Waals surface area contributed by atoms with Crippen molar-refractivity contribution in [1.29, 1.82) is 0 Å². The van der Waals surface area contributed by atoms with Gasteiger partial charge in [-0.15, -0.1) is 0 Å². The van der Waals surface area contributed by atoms with Crippen LogP contribution in [-0.4, -0.2) is 19.9 Å². The Labute approximate surface area is 163 Å². The Hall–Kier alpha value is -2.09. The van der Waals surface area contributed by atoms with Crippen molar-refractivity contribution in [3.63, 3.8) is 0 Å². The summed E-state index contributed by atoms with van der Waals surface area (Å²) in [5, 5.41) is 0.607. The molecule has 0 saturated carbocycles. The monoisotopic (exact) mass is 418 g/mol. The molecule has 0 unspecified atom stereocenters. The number of halogens is 5. The zero-order chi connectivity index (χ0) is 19.3. The van der Waals surface area contributed by atoms with Crippen LogP contribution in [0.1, 0.15) is 11.4 Å². The predicted molar refractivity (Wildman–Crippen MR) is 95.0 cm³/mol. The molecule has 0 N–H and O–H groups in total. The van der Waals surface area contributed by atoms with Crippen LogP contribution in [0, 0.1) is 25.5 Å². The lowest BCUT2D eigenvalue weighted by atomic mass is 10.3. The molecule has 3 aromatic rings. The normalized spacial score (nSPS) is 10.1. The zero-order valence-corrected chi connectivity index (χ0v) is 15.7. The largest absolute Gasteiger partial charge is 0.439 e. The highest BCUT2D eigenvalue weighted by Crippen LogP contribution is 2.22. The molecule has 10 heteroatoms. The summed E-state index contributed by atoms with van der Waals surface area (Å²) in [4.78, 5) is 15.1. The third kappa shape index (κ3) is 6.33. The van der Waals surface area contributed by atoms with Crippen LogP contribution in [0.3, 0.4) is 0 Å². The second-order valence-electron chi connectivity index (χ2n) is 4.90. The molecule has 0 aliphatic carbocycles. The summed E-state index contributed by atoms with van der Waals surface area (Å²) >= 11 is 16.6. The Bertz CT molecular complexity index is 857. The molecule has 0 aliphatic rings. The van der Waals surface area contributed by atoms with Gasteiger partial charge in [0.2, 0.25) is 16.4 Å². The van der Waals surface area contributed by atoms with Gasteiger partial charge < -0.3 is 4.74 Å². The highest BCUT2D eigenvalue weighted by Gasteiger charge is 2.06. The summed E-state index contributed by atoms with van der Waals surface area (Å²) in [6.07, 6.45) is 0. The van der Waals surface area contributed by atoms with Crippen LogP contribution in [0.15, 0.2) is 30.3 Å². The number of hydrogen-bond donors (Lipinski definition) is 0. The van der Waals surface area contributed by atoms with E-state index in [0.717, 1.165) is 17.8 Å². The Kier molecular flexibility index (Phi) is 7.02. The lowest BCUT2D eigenvalue weighted by molar-refractivity contribution is 0.446. The van der Waals surface area contributed by atoms with Gasteiger partial charge in [-0.2, -0.15) is 4.98 Å². The maximum absolute atomic E-state index is 12.9. The molecule has 0 bridgehead atoms. The minimum atomic E-state index is -0.987. The van der Waals surface area contributed by atoms with Crippen LogP contribution in [0.5, 0.6) is 11.6 Å². The lowest BCUT2D eigenvalue weighted by Gasteiger charge is -2.05. The molecule has 3 rings (SSSR count). The van der Waals surface area contributed by atoms with Crippen LogP contribution in [0.25, 0.3) is 0 Å². The molecule has 1 aromatic carbocycles. The average molecular weight is 420 g/mol. The van der Waals surface area contributed by atoms with Gasteiger partial charge >= 0.3 is 0 Å². The summed E-state index contributed by atoms with van der Waals surface area (Å²) in [5.74, 6) is -1.61. The second-order valence-corrected chi connectivity index (χ2v) is 5.96. The molecule has 0 atom stereocenters. The summed E-state index contributed by atoms with van der Waals surface area (Å²) in [6, 6.07) is 6.38. The quantitative estimate of drug-likeness (QED) is 0.400. The first-order chi connectivity index (χ1) is 12.2. The molecule has 0 spiro atoms. The first kappa shape index (κ1) is 20.2. The van der Waals surface area contributed by atoms with Crippen molar-refractivity contribution in [3.8, 4) is 11.6 Å². The van der Waals surface area contributed by atoms with E-state index < -0.39 is 11.6 Å². The van der Waals surface area contributed by atoms with Crippen LogP contribution in [-0.2, 0) is 0 Å². The molecule has 0 aliphatic heterocycles. The molecule has 0 saturated heterocycles. The van der Waals surface area contributed by atoms with Gasteiger partial charge in [0, 0.05) is 23.5 Å². The lowest BCUT2D eigenvalue weighted by Crippen LogP contribution is -1.93. The zero-order valence-electron chi connectivity index (χ0n) is 13.5. The summed E-state index contributed by atoms with van der Waals surface area (Å²) in [7, 11) is 0. The Morgan fingerprint density at radius 1 is 0.769 bits per heavy atom. The second kappa shape index (κ2) is 9.02. The number of aryl methyl sites for hydroxylation is 2. The fourth-order valence-corrected chi connectivity index (χ4v) is 2.44. The standard InChI is InChI=1S/C11H7ClF2N2O.C5H4Cl2N2/c1-6-4-10(16-11(12)15-6)17-7-2-3-8(13)9(14)5-7;1-3-2-4(6)9-5(7)8-3/h2-5H,1H3;2H,1H3. The van der Waals surface area contributed by atoms with E-state index in [9.17, 15) is 8.78 Å². The molecular weight excluding hydrogens is 409 g/mol. The van der Waals surface area contributed by atoms with Crippen molar-refractivity contribution >= 4 is 34.8 Å². The van der Waals surface area contributed by atoms with Crippen LogP contribution < -0.4 is 4.74 Å². The number of benzene rings is 1. The van der Waals surface area contributed by atoms with Crippen molar-refractivity contribution in [2.24, 2.45) is 0 Å². The van der Waals surface area contributed by atoms with Crippen molar-refractivity contribution in [1.82, 2.24) is 19.9 Å². The number of aromatic nitrogens is 4. The maximum atomic E-state index is 12.9. The molecule has 26 heavy (non-hydrogen) atoms. The Balaban J connectivity index is 0.000000228. The van der Waals surface area contributed by atoms with Crippen molar-refractivity contribution in [2.45, 2.75) is 13.8 Å². The van der Waals surface area contributed by atoms with E-state index in [2.05, 4.69) is 19.9 Å². The first-order valence-corrected chi connectivity index (χ1v) is 8.17. The predicted octanol–water partition coefficient (Wildman–Crippen LogP) is 5.60. The average Bonchev–Trinajstić information content (AvgIpc) is 2.49. The summed E-state index contributed by atoms with van der Waals surface area (Å²) < 4.78 is 30.8. The minimum absolute atomic E-state index is 0.0302. The van der Waals surface area contributed by atoms with Gasteiger partial charge in [-0.3, -0.25) is 0 Å². The minimum Gasteiger partial charge on any atom is -0.439 e. The van der Waals surface area contributed by atoms with Crippen molar-refractivity contribution in [2.75, 3.05) is 0 Å². The fourth-order valence-electron chi connectivity index (χ4n) is 1.71. The fraction of sp³-hybridized carbons (Fsp3) is 0.125. The summed E-state index contributed by atoms with van der Waals surface area (Å²) in [5.41, 5.74) is 1.39. The van der Waals surface area contributed by atoms with Gasteiger partial charge in [0.15, 0.2) is 11.6 Å². The highest BCUT2D eigenvalue weighted by atomic mass is 35.5. The maximum Gasteiger partial charge on any atom is 0.225 e. The molecule has 136 valence electrons. The molecule has 2 aromatic heterocycles. The van der Waals surface area contributed by atoms with Gasteiger partial charge in [0.1, 0.15) is 10.9 Å². The topological polar surface area (TPSA) is 60.8 Å². The van der Waals surface area contributed by atoms with Crippen molar-refractivity contribution < 1.29 is 13.5 Å². The Morgan fingerprint density at radius 2 is 1.38 bits per heavy atom. The number of rotatable bonds is 2. The highest BCUT2D eigenvalue weighted by molar-refractivity contribution is 6.31. The molecular formula is C16H11Cl3F2N4O. The van der Waals surface area contributed by atoms with Crippen LogP contribution in [0.4, 0.5) is 8.78 Å². The number of ether oxygens (including phenoxy) is 1. The van der Waals surface area contributed by atoms with Gasteiger partial charge in [-0.25, -0.2) is 23.7 Å². The van der Waals surface area contributed by atoms with Crippen molar-refractivity contribution in [3.05, 3.63) is 69.1 Å². The van der Waals surface area contributed by atoms with E-state index in [1.807, 2.05) is 0 Å². The van der Waals surface area contributed by atoms with E-state index in [1.165, 1.54) is 12.1 Å². The van der Waals surface area contributed by atoms with Gasteiger partial charge in [0.25, 0.3) is 0 Å². The molecule has 2 heterocycles. The van der Waals surface area contributed by atoms with E-state index >= 15 is 0 Å². The molecule has 0 fully saturated rings. The third-order valence-corrected chi connectivity index (χ3v) is 3.24. The van der Waals surface area contributed by atoms with Crippen LogP contribution >= 0.6 is 34.8 Å². The van der Waals surface area contributed by atoms with E-state index in [4.69, 9.17) is 39.5 Å². The van der Waals surface area contributed by atoms with Crippen LogP contribution in [0.2, 0.25) is 15.7 Å². The van der Waals surface area contributed by atoms with E-state index in [0.29, 0.717) is 10.8 Å². The SMILES string of the molecule is Cc1cc(Cl)nc(Cl)n1.Cc1cc(Oc2ccc(F)c(F)c2)nc(Cl)n1.